The molecule has 1 aliphatic rings. The van der Waals surface area contributed by atoms with E-state index in [1.165, 1.54) is 0 Å². The Morgan fingerprint density at radius 1 is 0.769 bits per heavy atom. The molecule has 0 saturated heterocycles. The van der Waals surface area contributed by atoms with Crippen molar-refractivity contribution in [1.82, 2.24) is 0 Å². The van der Waals surface area contributed by atoms with E-state index in [9.17, 15) is 9.90 Å². The monoisotopic (exact) mass is 354 g/mol. The van der Waals surface area contributed by atoms with Gasteiger partial charge in [0.15, 0.2) is 5.78 Å². The van der Waals surface area contributed by atoms with Gasteiger partial charge in [-0.1, -0.05) is 38.1 Å². The first-order valence-corrected chi connectivity index (χ1v) is 8.78. The Balaban J connectivity index is 2.13. The van der Waals surface area contributed by atoms with Gasteiger partial charge in [0, 0.05) is 17.3 Å². The van der Waals surface area contributed by atoms with Crippen LogP contribution in [0.3, 0.4) is 0 Å². The number of aliphatic hydroxyl groups is 1. The Morgan fingerprint density at radius 2 is 1.15 bits per heavy atom. The van der Waals surface area contributed by atoms with Crippen LogP contribution in [0.2, 0.25) is 0 Å². The van der Waals surface area contributed by atoms with Crippen LogP contribution >= 0.6 is 0 Å². The number of carbonyl (C=O) groups excluding carboxylic acids is 1. The molecule has 0 amide bonds. The van der Waals surface area contributed by atoms with Crippen molar-refractivity contribution in [2.24, 2.45) is 5.41 Å². The summed E-state index contributed by atoms with van der Waals surface area (Å²) in [5, 5.41) is 11.2. The van der Waals surface area contributed by atoms with Crippen LogP contribution in [0.5, 0.6) is 11.5 Å². The number of hydrogen-bond donors (Lipinski definition) is 1. The molecule has 138 valence electrons. The van der Waals surface area contributed by atoms with Crippen LogP contribution in [-0.2, 0) is 4.79 Å². The molecule has 26 heavy (non-hydrogen) atoms. The lowest BCUT2D eigenvalue weighted by Crippen LogP contribution is -2.38. The van der Waals surface area contributed by atoms with Crippen molar-refractivity contribution in [3.05, 3.63) is 59.7 Å². The predicted octanol–water partition coefficient (Wildman–Crippen LogP) is 3.93. The van der Waals surface area contributed by atoms with E-state index < -0.39 is 11.0 Å². The first-order chi connectivity index (χ1) is 12.2. The van der Waals surface area contributed by atoms with Crippen LogP contribution in [0.4, 0.5) is 0 Å². The van der Waals surface area contributed by atoms with Crippen LogP contribution in [0.1, 0.15) is 43.7 Å². The zero-order valence-corrected chi connectivity index (χ0v) is 15.9. The van der Waals surface area contributed by atoms with Crippen molar-refractivity contribution in [1.29, 1.82) is 0 Å². The summed E-state index contributed by atoms with van der Waals surface area (Å²) in [6.45, 7) is 5.47. The molecule has 3 rings (SSSR count). The second kappa shape index (κ2) is 6.44. The third-order valence-corrected chi connectivity index (χ3v) is 5.71. The molecule has 0 bridgehead atoms. The Bertz CT molecular complexity index is 720. The van der Waals surface area contributed by atoms with E-state index in [4.69, 9.17) is 9.47 Å². The Kier molecular flexibility index (Phi) is 4.57. The molecule has 0 spiro atoms. The van der Waals surface area contributed by atoms with Crippen LogP contribution < -0.4 is 9.47 Å². The highest BCUT2D eigenvalue weighted by atomic mass is 16.5. The minimum Gasteiger partial charge on any atom is -0.497 e. The normalized spacial score (nSPS) is 27.4. The van der Waals surface area contributed by atoms with Crippen molar-refractivity contribution in [2.45, 2.75) is 38.2 Å². The maximum atomic E-state index is 13.1. The van der Waals surface area contributed by atoms with Gasteiger partial charge in [-0.2, -0.15) is 0 Å². The number of benzene rings is 2. The molecule has 1 aliphatic carbocycles. The predicted molar refractivity (Wildman–Crippen MR) is 101 cm³/mol. The molecule has 0 unspecified atom stereocenters. The summed E-state index contributed by atoms with van der Waals surface area (Å²) in [4.78, 5) is 13.1. The van der Waals surface area contributed by atoms with Crippen LogP contribution in [0, 0.1) is 5.41 Å². The third kappa shape index (κ3) is 2.78. The van der Waals surface area contributed by atoms with Crippen LogP contribution in [-0.4, -0.2) is 30.7 Å². The van der Waals surface area contributed by atoms with Gasteiger partial charge in [-0.15, -0.1) is 0 Å². The van der Waals surface area contributed by atoms with Gasteiger partial charge in [0.05, 0.1) is 14.2 Å². The van der Waals surface area contributed by atoms with Crippen molar-refractivity contribution in [3.63, 3.8) is 0 Å². The molecule has 2 aromatic rings. The number of carbonyl (C=O) groups is 1. The zero-order chi connectivity index (χ0) is 19.1. The summed E-state index contributed by atoms with van der Waals surface area (Å²) in [5.41, 5.74) is -0.191. The molecule has 3 atom stereocenters. The van der Waals surface area contributed by atoms with E-state index >= 15 is 0 Å². The van der Waals surface area contributed by atoms with Gasteiger partial charge in [0.25, 0.3) is 0 Å². The molecule has 0 aromatic heterocycles. The number of ketones is 1. The number of methoxy groups -OCH3 is 2. The fourth-order valence-corrected chi connectivity index (χ4v) is 4.42. The van der Waals surface area contributed by atoms with Crippen molar-refractivity contribution in [2.75, 3.05) is 14.2 Å². The Hall–Kier alpha value is -2.33. The summed E-state index contributed by atoms with van der Waals surface area (Å²) in [7, 11) is 3.25. The number of Topliss-reactive ketones (excluding diaryl/α,β-unsaturated/α-hetero) is 1. The minimum absolute atomic E-state index is 0.133. The lowest BCUT2D eigenvalue weighted by Gasteiger charge is -2.31. The van der Waals surface area contributed by atoms with Gasteiger partial charge in [-0.05, 0) is 42.3 Å². The van der Waals surface area contributed by atoms with E-state index in [1.807, 2.05) is 62.4 Å². The molecule has 2 aromatic carbocycles. The van der Waals surface area contributed by atoms with Gasteiger partial charge in [0.2, 0.25) is 0 Å². The Morgan fingerprint density at radius 3 is 1.54 bits per heavy atom. The van der Waals surface area contributed by atoms with Crippen LogP contribution in [0.15, 0.2) is 48.5 Å². The molecule has 1 N–H and O–H groups in total. The summed E-state index contributed by atoms with van der Waals surface area (Å²) in [6, 6.07) is 15.4. The molecule has 1 fully saturated rings. The molecule has 4 heteroatoms. The summed E-state index contributed by atoms with van der Waals surface area (Å²) in [5.74, 6) is 0.891. The van der Waals surface area contributed by atoms with E-state index in [0.717, 1.165) is 22.6 Å². The molecular formula is C22H26O4. The molecule has 0 radical (unpaired) electrons. The molecule has 0 aliphatic heterocycles. The number of ether oxygens (including phenoxy) is 2. The fraction of sp³-hybridized carbons (Fsp3) is 0.409. The maximum absolute atomic E-state index is 13.1. The van der Waals surface area contributed by atoms with Gasteiger partial charge < -0.3 is 14.6 Å². The van der Waals surface area contributed by atoms with Crippen molar-refractivity contribution in [3.8, 4) is 11.5 Å². The lowest BCUT2D eigenvalue weighted by atomic mass is 9.72. The average Bonchev–Trinajstić information content (AvgIpc) is 2.78. The van der Waals surface area contributed by atoms with E-state index in [1.54, 1.807) is 21.1 Å². The van der Waals surface area contributed by atoms with Gasteiger partial charge >= 0.3 is 0 Å². The smallest absolute Gasteiger partial charge is 0.170 e. The van der Waals surface area contributed by atoms with Crippen LogP contribution in [0.25, 0.3) is 0 Å². The summed E-state index contributed by atoms with van der Waals surface area (Å²) < 4.78 is 10.5. The SMILES string of the molecule is COc1ccc([C@@H]2[C@@H](c3ccc(OC)cc3)[C@@](C)(O)C(=O)C2(C)C)cc1. The molecule has 4 nitrogen and oxygen atoms in total. The summed E-state index contributed by atoms with van der Waals surface area (Å²) >= 11 is 0. The minimum atomic E-state index is -1.44. The summed E-state index contributed by atoms with van der Waals surface area (Å²) in [6.07, 6.45) is 0. The quantitative estimate of drug-likeness (QED) is 0.904. The second-order valence-electron chi connectivity index (χ2n) is 7.70. The molecule has 1 saturated carbocycles. The highest BCUT2D eigenvalue weighted by molar-refractivity contribution is 5.97. The van der Waals surface area contributed by atoms with Crippen molar-refractivity contribution >= 4 is 5.78 Å². The molecular weight excluding hydrogens is 328 g/mol. The first kappa shape index (κ1) is 18.5. The fourth-order valence-electron chi connectivity index (χ4n) is 4.42. The lowest BCUT2D eigenvalue weighted by molar-refractivity contribution is -0.138. The largest absolute Gasteiger partial charge is 0.497 e. The first-order valence-electron chi connectivity index (χ1n) is 8.78. The average molecular weight is 354 g/mol. The van der Waals surface area contributed by atoms with E-state index in [0.29, 0.717) is 0 Å². The maximum Gasteiger partial charge on any atom is 0.170 e. The second-order valence-corrected chi connectivity index (χ2v) is 7.70. The van der Waals surface area contributed by atoms with Gasteiger partial charge in [-0.3, -0.25) is 4.79 Å². The van der Waals surface area contributed by atoms with Gasteiger partial charge in [0.1, 0.15) is 17.1 Å². The highest BCUT2D eigenvalue weighted by Gasteiger charge is 2.61. The number of hydrogen-bond acceptors (Lipinski definition) is 4. The number of rotatable bonds is 4. The van der Waals surface area contributed by atoms with Crippen molar-refractivity contribution < 1.29 is 19.4 Å². The Labute approximate surface area is 154 Å². The highest BCUT2D eigenvalue weighted by Crippen LogP contribution is 2.58. The molecule has 0 heterocycles. The zero-order valence-electron chi connectivity index (χ0n) is 15.9. The third-order valence-electron chi connectivity index (χ3n) is 5.71. The van der Waals surface area contributed by atoms with Gasteiger partial charge in [-0.25, -0.2) is 0 Å². The van der Waals surface area contributed by atoms with E-state index in [2.05, 4.69) is 0 Å². The van der Waals surface area contributed by atoms with E-state index in [-0.39, 0.29) is 17.6 Å². The standard InChI is InChI=1S/C22H26O4/c1-21(2)18(14-6-10-16(25-4)11-7-14)19(22(3,24)20(21)23)15-8-12-17(26-5)13-9-15/h6-13,18-19,24H,1-5H3/t18-,19-,22-/m1/s1. The topological polar surface area (TPSA) is 55.8 Å².